The summed E-state index contributed by atoms with van der Waals surface area (Å²) >= 11 is 1.17. The van der Waals surface area contributed by atoms with Gasteiger partial charge in [-0.15, -0.1) is 10.2 Å². The lowest BCUT2D eigenvalue weighted by Gasteiger charge is -2.12. The monoisotopic (exact) mass is 282 g/mol. The second kappa shape index (κ2) is 6.21. The Kier molecular flexibility index (Phi) is 4.37. The first kappa shape index (κ1) is 13.4. The van der Waals surface area contributed by atoms with Crippen LogP contribution in [0.3, 0.4) is 0 Å². The number of hydrogen-bond acceptors (Lipinski definition) is 5. The van der Waals surface area contributed by atoms with Crippen molar-refractivity contribution in [2.45, 2.75) is 6.10 Å². The van der Waals surface area contributed by atoms with Crippen molar-refractivity contribution in [1.82, 2.24) is 15.5 Å². The Morgan fingerprint density at radius 1 is 1.47 bits per heavy atom. The maximum Gasteiger partial charge on any atom is 0.321 e. The van der Waals surface area contributed by atoms with Gasteiger partial charge in [-0.3, -0.25) is 5.32 Å². The van der Waals surface area contributed by atoms with E-state index in [1.54, 1.807) is 6.07 Å². The second-order valence-corrected chi connectivity index (χ2v) is 4.45. The lowest BCUT2D eigenvalue weighted by atomic mass is 10.1. The molecule has 0 aliphatic heterocycles. The van der Waals surface area contributed by atoms with Crippen LogP contribution in [0.1, 0.15) is 11.7 Å². The lowest BCUT2D eigenvalue weighted by Crippen LogP contribution is -2.32. The summed E-state index contributed by atoms with van der Waals surface area (Å²) in [6, 6.07) is 5.32. The molecule has 1 atom stereocenters. The molecule has 0 radical (unpaired) electrons. The predicted molar refractivity (Wildman–Crippen MR) is 68.3 cm³/mol. The molecule has 0 aliphatic rings. The Morgan fingerprint density at radius 3 is 2.95 bits per heavy atom. The molecule has 2 aromatic rings. The molecule has 19 heavy (non-hydrogen) atoms. The van der Waals surface area contributed by atoms with Crippen LogP contribution in [-0.4, -0.2) is 27.9 Å². The molecule has 2 rings (SSSR count). The Balaban J connectivity index is 1.85. The standard InChI is InChI=1S/C11H11FN4O2S/c12-8-4-2-1-3-7(8)9(17)5-13-10(18)15-11-16-14-6-19-11/h1-4,6,9,17H,5H2,(H2,13,15,16,18)/t9-/m1/s1. The molecule has 0 bridgehead atoms. The molecule has 6 nitrogen and oxygen atoms in total. The van der Waals surface area contributed by atoms with Gasteiger partial charge < -0.3 is 10.4 Å². The number of anilines is 1. The molecule has 0 unspecified atom stereocenters. The van der Waals surface area contributed by atoms with Crippen molar-refractivity contribution in [3.05, 3.63) is 41.2 Å². The summed E-state index contributed by atoms with van der Waals surface area (Å²) in [5.41, 5.74) is 1.61. The maximum atomic E-state index is 13.4. The summed E-state index contributed by atoms with van der Waals surface area (Å²) in [6.45, 7) is -0.106. The number of aliphatic hydroxyl groups excluding tert-OH is 1. The maximum absolute atomic E-state index is 13.4. The highest BCUT2D eigenvalue weighted by atomic mass is 32.1. The molecule has 100 valence electrons. The average molecular weight is 282 g/mol. The van der Waals surface area contributed by atoms with Crippen molar-refractivity contribution >= 4 is 22.5 Å². The van der Waals surface area contributed by atoms with E-state index < -0.39 is 18.0 Å². The smallest absolute Gasteiger partial charge is 0.321 e. The normalized spacial score (nSPS) is 11.9. The van der Waals surface area contributed by atoms with Crippen LogP contribution in [0.15, 0.2) is 29.8 Å². The van der Waals surface area contributed by atoms with Crippen LogP contribution < -0.4 is 10.6 Å². The van der Waals surface area contributed by atoms with Crippen molar-refractivity contribution in [2.75, 3.05) is 11.9 Å². The van der Waals surface area contributed by atoms with Crippen LogP contribution in [-0.2, 0) is 0 Å². The molecule has 0 aliphatic carbocycles. The number of aromatic nitrogens is 2. The zero-order chi connectivity index (χ0) is 13.7. The van der Waals surface area contributed by atoms with Crippen molar-refractivity contribution in [3.8, 4) is 0 Å². The number of amides is 2. The third-order valence-corrected chi connectivity index (χ3v) is 2.91. The number of nitrogens with one attached hydrogen (secondary N) is 2. The van der Waals surface area contributed by atoms with E-state index in [0.29, 0.717) is 5.13 Å². The second-order valence-electron chi connectivity index (χ2n) is 3.62. The molecule has 3 N–H and O–H groups in total. The summed E-state index contributed by atoms with van der Waals surface area (Å²) in [5.74, 6) is -0.513. The zero-order valence-electron chi connectivity index (χ0n) is 9.71. The third kappa shape index (κ3) is 3.70. The fourth-order valence-electron chi connectivity index (χ4n) is 1.41. The molecule has 8 heteroatoms. The number of halogens is 1. The zero-order valence-corrected chi connectivity index (χ0v) is 10.5. The van der Waals surface area contributed by atoms with Gasteiger partial charge in [-0.25, -0.2) is 9.18 Å². The number of urea groups is 1. The number of hydrogen-bond donors (Lipinski definition) is 3. The van der Waals surface area contributed by atoms with Gasteiger partial charge in [-0.1, -0.05) is 29.5 Å². The molecule has 1 aromatic carbocycles. The highest BCUT2D eigenvalue weighted by Crippen LogP contribution is 2.15. The van der Waals surface area contributed by atoms with Gasteiger partial charge in [0.2, 0.25) is 5.13 Å². The first-order valence-electron chi connectivity index (χ1n) is 5.40. The van der Waals surface area contributed by atoms with E-state index in [9.17, 15) is 14.3 Å². The minimum absolute atomic E-state index is 0.106. The van der Waals surface area contributed by atoms with E-state index in [-0.39, 0.29) is 12.1 Å². The van der Waals surface area contributed by atoms with Gasteiger partial charge in [0.25, 0.3) is 0 Å². The summed E-state index contributed by atoms with van der Waals surface area (Å²) in [6.07, 6.45) is -1.11. The van der Waals surface area contributed by atoms with Crippen molar-refractivity contribution < 1.29 is 14.3 Å². The Labute approximate surface area is 112 Å². The van der Waals surface area contributed by atoms with E-state index in [1.165, 1.54) is 35.0 Å². The van der Waals surface area contributed by atoms with Crippen LogP contribution in [0.5, 0.6) is 0 Å². The van der Waals surface area contributed by atoms with Crippen LogP contribution >= 0.6 is 11.3 Å². The molecule has 0 saturated carbocycles. The molecular weight excluding hydrogens is 271 g/mol. The average Bonchev–Trinajstić information content (AvgIpc) is 2.89. The van der Waals surface area contributed by atoms with Gasteiger partial charge in [0.1, 0.15) is 11.3 Å². The van der Waals surface area contributed by atoms with Crippen molar-refractivity contribution in [3.63, 3.8) is 0 Å². The van der Waals surface area contributed by atoms with Gasteiger partial charge in [-0.05, 0) is 6.07 Å². The molecule has 0 spiro atoms. The fourth-order valence-corrected chi connectivity index (χ4v) is 1.85. The molecule has 1 aromatic heterocycles. The summed E-state index contributed by atoms with van der Waals surface area (Å²) in [7, 11) is 0. The largest absolute Gasteiger partial charge is 0.386 e. The van der Waals surface area contributed by atoms with E-state index in [0.717, 1.165) is 0 Å². The molecular formula is C11H11FN4O2S. The Hall–Kier alpha value is -2.06. The molecule has 2 amide bonds. The quantitative estimate of drug-likeness (QED) is 0.793. The van der Waals surface area contributed by atoms with E-state index in [2.05, 4.69) is 20.8 Å². The van der Waals surface area contributed by atoms with Crippen LogP contribution in [0.2, 0.25) is 0 Å². The number of carbonyl (C=O) groups is 1. The molecule has 0 fully saturated rings. The predicted octanol–water partition coefficient (Wildman–Crippen LogP) is 1.53. The van der Waals surface area contributed by atoms with Crippen LogP contribution in [0.25, 0.3) is 0 Å². The summed E-state index contributed by atoms with van der Waals surface area (Å²) in [4.78, 5) is 11.4. The number of benzene rings is 1. The Morgan fingerprint density at radius 2 is 2.26 bits per heavy atom. The SMILES string of the molecule is O=C(NC[C@@H](O)c1ccccc1F)Nc1nncs1. The highest BCUT2D eigenvalue weighted by Gasteiger charge is 2.13. The van der Waals surface area contributed by atoms with Gasteiger partial charge in [-0.2, -0.15) is 0 Å². The third-order valence-electron chi connectivity index (χ3n) is 2.30. The lowest BCUT2D eigenvalue weighted by molar-refractivity contribution is 0.170. The molecule has 0 saturated heterocycles. The number of rotatable bonds is 4. The van der Waals surface area contributed by atoms with Gasteiger partial charge >= 0.3 is 6.03 Å². The topological polar surface area (TPSA) is 87.1 Å². The molecule has 1 heterocycles. The number of carbonyl (C=O) groups excluding carboxylic acids is 1. The van der Waals surface area contributed by atoms with Crippen LogP contribution in [0.4, 0.5) is 14.3 Å². The van der Waals surface area contributed by atoms with Gasteiger partial charge in [0.05, 0.1) is 6.10 Å². The van der Waals surface area contributed by atoms with E-state index in [4.69, 9.17) is 0 Å². The summed E-state index contributed by atoms with van der Waals surface area (Å²) in [5, 5.41) is 22.2. The van der Waals surface area contributed by atoms with Gasteiger partial charge in [0.15, 0.2) is 0 Å². The van der Waals surface area contributed by atoms with Crippen molar-refractivity contribution in [2.24, 2.45) is 0 Å². The Bertz CT molecular complexity index is 549. The van der Waals surface area contributed by atoms with E-state index >= 15 is 0 Å². The minimum atomic E-state index is -1.11. The first-order chi connectivity index (χ1) is 9.16. The summed E-state index contributed by atoms with van der Waals surface area (Å²) < 4.78 is 13.4. The highest BCUT2D eigenvalue weighted by molar-refractivity contribution is 7.13. The minimum Gasteiger partial charge on any atom is -0.386 e. The van der Waals surface area contributed by atoms with Crippen molar-refractivity contribution in [1.29, 1.82) is 0 Å². The number of aliphatic hydroxyl groups is 1. The van der Waals surface area contributed by atoms with E-state index in [1.807, 2.05) is 0 Å². The van der Waals surface area contributed by atoms with Crippen LogP contribution in [0, 0.1) is 5.82 Å². The first-order valence-corrected chi connectivity index (χ1v) is 6.28. The number of nitrogens with zero attached hydrogens (tertiary/aromatic N) is 2. The fraction of sp³-hybridized carbons (Fsp3) is 0.182. The van der Waals surface area contributed by atoms with Gasteiger partial charge in [0, 0.05) is 12.1 Å².